The fraction of sp³-hybridized carbons (Fsp3) is 0.300. The van der Waals surface area contributed by atoms with Crippen LogP contribution in [0.15, 0.2) is 30.3 Å². The molecule has 5 heteroatoms. The van der Waals surface area contributed by atoms with Crippen LogP contribution in [-0.4, -0.2) is 26.3 Å². The van der Waals surface area contributed by atoms with E-state index in [1.807, 2.05) is 32.0 Å². The van der Waals surface area contributed by atoms with Crippen molar-refractivity contribution in [2.24, 2.45) is 0 Å². The number of aryl methyl sites for hydroxylation is 2. The van der Waals surface area contributed by atoms with Crippen LogP contribution < -0.4 is 9.64 Å². The minimum absolute atomic E-state index is 0.320. The summed E-state index contributed by atoms with van der Waals surface area (Å²) in [5.41, 5.74) is 3.55. The zero-order valence-electron chi connectivity index (χ0n) is 14.4. The summed E-state index contributed by atoms with van der Waals surface area (Å²) in [6, 6.07) is 13.6. The van der Waals surface area contributed by atoms with E-state index in [0.717, 1.165) is 35.7 Å². The van der Waals surface area contributed by atoms with Gasteiger partial charge in [-0.25, -0.2) is 0 Å². The second-order valence-electron chi connectivity index (χ2n) is 6.01. The van der Waals surface area contributed by atoms with Crippen LogP contribution >= 0.6 is 0 Å². The first kappa shape index (κ1) is 16.8. The highest BCUT2D eigenvalue weighted by Gasteiger charge is 2.20. The summed E-state index contributed by atoms with van der Waals surface area (Å²) in [7, 11) is 0. The van der Waals surface area contributed by atoms with Gasteiger partial charge >= 0.3 is 0 Å². The first-order valence-corrected chi connectivity index (χ1v) is 8.19. The Morgan fingerprint density at radius 2 is 1.60 bits per heavy atom. The Hall–Kier alpha value is -3.02. The molecule has 0 aromatic heterocycles. The highest BCUT2D eigenvalue weighted by Crippen LogP contribution is 2.37. The number of nitrogens with zero attached hydrogens (tertiary/aromatic N) is 3. The predicted molar refractivity (Wildman–Crippen MR) is 94.9 cm³/mol. The smallest absolute Gasteiger partial charge is 0.152 e. The van der Waals surface area contributed by atoms with Crippen molar-refractivity contribution in [2.75, 3.05) is 31.2 Å². The largest absolute Gasteiger partial charge is 0.455 e. The van der Waals surface area contributed by atoms with Crippen molar-refractivity contribution in [3.05, 3.63) is 52.6 Å². The summed E-state index contributed by atoms with van der Waals surface area (Å²) in [6.45, 7) is 6.69. The number of rotatable bonds is 3. The van der Waals surface area contributed by atoms with Gasteiger partial charge in [0.2, 0.25) is 0 Å². The first-order valence-electron chi connectivity index (χ1n) is 8.19. The third-order valence-electron chi connectivity index (χ3n) is 4.31. The second kappa shape index (κ2) is 7.25. The Morgan fingerprint density at radius 3 is 2.20 bits per heavy atom. The molecule has 0 N–H and O–H groups in total. The Bertz CT molecular complexity index is 851. The average molecular weight is 333 g/mol. The molecule has 5 nitrogen and oxygen atoms in total. The van der Waals surface area contributed by atoms with Gasteiger partial charge in [-0.3, -0.25) is 0 Å². The van der Waals surface area contributed by atoms with Crippen molar-refractivity contribution < 1.29 is 9.47 Å². The van der Waals surface area contributed by atoms with Crippen LogP contribution in [0.1, 0.15) is 22.3 Å². The van der Waals surface area contributed by atoms with Crippen molar-refractivity contribution in [1.82, 2.24) is 0 Å². The molecule has 0 radical (unpaired) electrons. The molecule has 2 aromatic rings. The maximum atomic E-state index is 9.36. The maximum Gasteiger partial charge on any atom is 0.152 e. The Balaban J connectivity index is 2.10. The number of morpholine rings is 1. The topological polar surface area (TPSA) is 69.3 Å². The quantitative estimate of drug-likeness (QED) is 0.857. The van der Waals surface area contributed by atoms with Gasteiger partial charge in [-0.15, -0.1) is 0 Å². The molecule has 1 aliphatic heterocycles. The second-order valence-corrected chi connectivity index (χ2v) is 6.01. The Labute approximate surface area is 147 Å². The molecule has 0 saturated carbocycles. The van der Waals surface area contributed by atoms with E-state index in [1.165, 1.54) is 0 Å². The summed E-state index contributed by atoms with van der Waals surface area (Å²) in [4.78, 5) is 2.13. The van der Waals surface area contributed by atoms with Crippen molar-refractivity contribution in [2.45, 2.75) is 13.8 Å². The van der Waals surface area contributed by atoms with Gasteiger partial charge in [0, 0.05) is 19.2 Å². The third kappa shape index (κ3) is 3.42. The highest BCUT2D eigenvalue weighted by molar-refractivity contribution is 5.67. The van der Waals surface area contributed by atoms with Crippen molar-refractivity contribution in [3.8, 4) is 23.6 Å². The molecule has 3 rings (SSSR count). The fourth-order valence-corrected chi connectivity index (χ4v) is 2.96. The zero-order chi connectivity index (χ0) is 17.8. The summed E-state index contributed by atoms with van der Waals surface area (Å²) < 4.78 is 11.6. The van der Waals surface area contributed by atoms with Crippen LogP contribution in [0.5, 0.6) is 11.5 Å². The number of hydrogen-bond donors (Lipinski definition) is 0. The summed E-state index contributed by atoms with van der Waals surface area (Å²) in [5, 5.41) is 18.7. The van der Waals surface area contributed by atoms with Crippen LogP contribution in [0.2, 0.25) is 0 Å². The van der Waals surface area contributed by atoms with Crippen molar-refractivity contribution in [3.63, 3.8) is 0 Å². The van der Waals surface area contributed by atoms with E-state index < -0.39 is 0 Å². The van der Waals surface area contributed by atoms with Crippen LogP contribution in [0.25, 0.3) is 0 Å². The van der Waals surface area contributed by atoms with Gasteiger partial charge in [0.15, 0.2) is 5.75 Å². The van der Waals surface area contributed by atoms with E-state index in [9.17, 15) is 10.5 Å². The number of hydrogen-bond acceptors (Lipinski definition) is 5. The normalized spacial score (nSPS) is 13.8. The van der Waals surface area contributed by atoms with Gasteiger partial charge in [0.1, 0.15) is 17.9 Å². The van der Waals surface area contributed by atoms with E-state index in [0.29, 0.717) is 30.1 Å². The maximum absolute atomic E-state index is 9.36. The summed E-state index contributed by atoms with van der Waals surface area (Å²) in [5.74, 6) is 1.38. The number of ether oxygens (including phenoxy) is 2. The van der Waals surface area contributed by atoms with Gasteiger partial charge in [0.25, 0.3) is 0 Å². The molecule has 0 amide bonds. The minimum Gasteiger partial charge on any atom is -0.455 e. The van der Waals surface area contributed by atoms with Gasteiger partial charge in [-0.05, 0) is 31.0 Å². The standard InChI is InChI=1S/C20H19N3O2/c1-14-4-3-5-15(2)20(14)25-19-11-17(13-22)16(12-21)10-18(19)23-6-8-24-9-7-23/h3-5,10-11H,6-9H2,1-2H3. The molecule has 0 bridgehead atoms. The van der Waals surface area contributed by atoms with Crippen LogP contribution in [0.3, 0.4) is 0 Å². The van der Waals surface area contributed by atoms with Gasteiger partial charge < -0.3 is 14.4 Å². The van der Waals surface area contributed by atoms with Gasteiger partial charge in [-0.2, -0.15) is 10.5 Å². The first-order chi connectivity index (χ1) is 12.1. The number of para-hydroxylation sites is 1. The number of nitriles is 2. The van der Waals surface area contributed by atoms with Crippen LogP contribution in [0, 0.1) is 36.5 Å². The molecule has 1 heterocycles. The molecule has 0 aliphatic carbocycles. The Morgan fingerprint density at radius 1 is 1.00 bits per heavy atom. The highest BCUT2D eigenvalue weighted by atomic mass is 16.5. The van der Waals surface area contributed by atoms with E-state index in [4.69, 9.17) is 9.47 Å². The third-order valence-corrected chi connectivity index (χ3v) is 4.31. The average Bonchev–Trinajstić information content (AvgIpc) is 2.65. The molecule has 1 fully saturated rings. The van der Waals surface area contributed by atoms with Crippen LogP contribution in [-0.2, 0) is 4.74 Å². The molecule has 1 aliphatic rings. The van der Waals surface area contributed by atoms with E-state index in [2.05, 4.69) is 17.0 Å². The summed E-state index contributed by atoms with van der Waals surface area (Å²) >= 11 is 0. The van der Waals surface area contributed by atoms with E-state index in [1.54, 1.807) is 12.1 Å². The molecule has 0 spiro atoms. The molecular formula is C20H19N3O2. The molecule has 126 valence electrons. The van der Waals surface area contributed by atoms with E-state index >= 15 is 0 Å². The lowest BCUT2D eigenvalue weighted by Crippen LogP contribution is -2.36. The van der Waals surface area contributed by atoms with Crippen molar-refractivity contribution >= 4 is 5.69 Å². The van der Waals surface area contributed by atoms with Gasteiger partial charge in [0.05, 0.1) is 30.0 Å². The number of anilines is 1. The monoisotopic (exact) mass is 333 g/mol. The SMILES string of the molecule is Cc1cccc(C)c1Oc1cc(C#N)c(C#N)cc1N1CCOCC1. The lowest BCUT2D eigenvalue weighted by molar-refractivity contribution is 0.122. The molecule has 25 heavy (non-hydrogen) atoms. The van der Waals surface area contributed by atoms with Crippen molar-refractivity contribution in [1.29, 1.82) is 10.5 Å². The zero-order valence-corrected chi connectivity index (χ0v) is 14.4. The lowest BCUT2D eigenvalue weighted by atomic mass is 10.1. The Kier molecular flexibility index (Phi) is 4.88. The predicted octanol–water partition coefficient (Wildman–Crippen LogP) is 3.68. The lowest BCUT2D eigenvalue weighted by Gasteiger charge is -2.30. The molecular weight excluding hydrogens is 314 g/mol. The molecule has 0 atom stereocenters. The molecule has 1 saturated heterocycles. The van der Waals surface area contributed by atoms with E-state index in [-0.39, 0.29) is 0 Å². The van der Waals surface area contributed by atoms with Crippen LogP contribution in [0.4, 0.5) is 5.69 Å². The number of benzene rings is 2. The summed E-state index contributed by atoms with van der Waals surface area (Å²) in [6.07, 6.45) is 0. The molecule has 2 aromatic carbocycles. The fourth-order valence-electron chi connectivity index (χ4n) is 2.96. The minimum atomic E-state index is 0.320. The molecule has 0 unspecified atom stereocenters. The van der Waals surface area contributed by atoms with Gasteiger partial charge in [-0.1, -0.05) is 18.2 Å².